The van der Waals surface area contributed by atoms with Gasteiger partial charge in [-0.3, -0.25) is 9.78 Å². The van der Waals surface area contributed by atoms with Crippen LogP contribution in [-0.2, 0) is 0 Å². The van der Waals surface area contributed by atoms with Gasteiger partial charge in [0.2, 0.25) is 5.95 Å². The number of anilines is 1. The van der Waals surface area contributed by atoms with Crippen molar-refractivity contribution in [3.63, 3.8) is 0 Å². The Labute approximate surface area is 156 Å². The number of H-pyrrole nitrogens is 1. The minimum absolute atomic E-state index is 0.0266. The van der Waals surface area contributed by atoms with Gasteiger partial charge in [0, 0.05) is 67.0 Å². The fraction of sp³-hybridized carbons (Fsp3) is 0.368. The number of aromatic amines is 1. The zero-order valence-corrected chi connectivity index (χ0v) is 15.1. The molecule has 27 heavy (non-hydrogen) atoms. The molecule has 1 atom stereocenters. The standard InChI is InChI=1S/C19H21N7O/c1-25-8-13(15-3-5-22-18(20)24-15)19(9-25)10-26(11-19)17(27)16-6-12-7-21-4-2-14(12)23-16/h2-7,13,23H,8-11H2,1H3,(H2,20,22,24). The summed E-state index contributed by atoms with van der Waals surface area (Å²) >= 11 is 0. The van der Waals surface area contributed by atoms with Crippen LogP contribution in [-0.4, -0.2) is 68.9 Å². The van der Waals surface area contributed by atoms with E-state index in [4.69, 9.17) is 5.73 Å². The van der Waals surface area contributed by atoms with Gasteiger partial charge in [0.15, 0.2) is 0 Å². The highest BCUT2D eigenvalue weighted by Crippen LogP contribution is 2.48. The Morgan fingerprint density at radius 2 is 2.15 bits per heavy atom. The van der Waals surface area contributed by atoms with Gasteiger partial charge < -0.3 is 20.5 Å². The first kappa shape index (κ1) is 16.2. The Bertz CT molecular complexity index is 991. The molecule has 5 heterocycles. The first-order chi connectivity index (χ1) is 13.0. The van der Waals surface area contributed by atoms with Gasteiger partial charge >= 0.3 is 0 Å². The average Bonchev–Trinajstić information content (AvgIpc) is 3.21. The fourth-order valence-electron chi connectivity index (χ4n) is 4.64. The van der Waals surface area contributed by atoms with E-state index in [-0.39, 0.29) is 17.2 Å². The Kier molecular flexibility index (Phi) is 3.45. The fourth-order valence-corrected chi connectivity index (χ4v) is 4.64. The second-order valence-corrected chi connectivity index (χ2v) is 7.76. The minimum atomic E-state index is 0.0266. The Hall–Kier alpha value is -3.00. The molecule has 2 saturated heterocycles. The second kappa shape index (κ2) is 5.75. The van der Waals surface area contributed by atoms with Crippen molar-refractivity contribution >= 4 is 22.8 Å². The lowest BCUT2D eigenvalue weighted by atomic mass is 9.70. The van der Waals surface area contributed by atoms with E-state index < -0.39 is 0 Å². The SMILES string of the molecule is CN1CC(c2ccnc(N)n2)C2(C1)CN(C(=O)c1cc3cnccc3[nH]1)C2. The second-order valence-electron chi connectivity index (χ2n) is 7.76. The molecule has 2 fully saturated rings. The molecule has 2 aliphatic rings. The highest BCUT2D eigenvalue weighted by molar-refractivity contribution is 5.98. The van der Waals surface area contributed by atoms with Crippen LogP contribution >= 0.6 is 0 Å². The number of fused-ring (bicyclic) bond motifs is 1. The Balaban J connectivity index is 1.38. The molecule has 0 saturated carbocycles. The predicted molar refractivity (Wildman–Crippen MR) is 101 cm³/mol. The number of likely N-dealkylation sites (N-methyl/N-ethyl adjacent to an activating group) is 1. The smallest absolute Gasteiger partial charge is 0.270 e. The summed E-state index contributed by atoms with van der Waals surface area (Å²) in [4.78, 5) is 32.9. The minimum Gasteiger partial charge on any atom is -0.368 e. The number of hydrogen-bond donors (Lipinski definition) is 2. The summed E-state index contributed by atoms with van der Waals surface area (Å²) in [6.07, 6.45) is 5.20. The molecule has 3 N–H and O–H groups in total. The Morgan fingerprint density at radius 1 is 1.30 bits per heavy atom. The van der Waals surface area contributed by atoms with E-state index in [0.717, 1.165) is 42.8 Å². The van der Waals surface area contributed by atoms with E-state index in [2.05, 4.69) is 31.9 Å². The molecule has 5 rings (SSSR count). The van der Waals surface area contributed by atoms with Crippen molar-refractivity contribution in [2.24, 2.45) is 5.41 Å². The number of rotatable bonds is 2. The number of nitrogen functional groups attached to an aromatic ring is 1. The number of likely N-dealkylation sites (tertiary alicyclic amines) is 2. The number of pyridine rings is 1. The molecule has 8 heteroatoms. The van der Waals surface area contributed by atoms with Crippen LogP contribution in [0.4, 0.5) is 5.95 Å². The van der Waals surface area contributed by atoms with E-state index in [1.165, 1.54) is 0 Å². The maximum absolute atomic E-state index is 12.9. The van der Waals surface area contributed by atoms with Gasteiger partial charge in [-0.1, -0.05) is 0 Å². The number of nitrogens with two attached hydrogens (primary N) is 1. The molecule has 0 radical (unpaired) electrons. The lowest BCUT2D eigenvalue weighted by Gasteiger charge is -2.50. The van der Waals surface area contributed by atoms with E-state index in [1.54, 1.807) is 18.6 Å². The normalized spacial score (nSPS) is 21.7. The lowest BCUT2D eigenvalue weighted by Crippen LogP contribution is -2.61. The first-order valence-electron chi connectivity index (χ1n) is 9.03. The summed E-state index contributed by atoms with van der Waals surface area (Å²) in [5.74, 6) is 0.590. The van der Waals surface area contributed by atoms with Gasteiger partial charge in [0.25, 0.3) is 5.91 Å². The van der Waals surface area contributed by atoms with Crippen LogP contribution in [0.5, 0.6) is 0 Å². The van der Waals surface area contributed by atoms with Gasteiger partial charge in [0.05, 0.1) is 5.69 Å². The number of aromatic nitrogens is 4. The van der Waals surface area contributed by atoms with E-state index in [1.807, 2.05) is 23.1 Å². The average molecular weight is 363 g/mol. The van der Waals surface area contributed by atoms with Crippen molar-refractivity contribution < 1.29 is 4.79 Å². The van der Waals surface area contributed by atoms with Crippen molar-refractivity contribution in [3.8, 4) is 0 Å². The molecule has 0 aromatic carbocycles. The molecule has 138 valence electrons. The van der Waals surface area contributed by atoms with Gasteiger partial charge in [-0.15, -0.1) is 0 Å². The summed E-state index contributed by atoms with van der Waals surface area (Å²) in [5, 5.41) is 0.950. The van der Waals surface area contributed by atoms with Crippen LogP contribution in [0.15, 0.2) is 36.8 Å². The van der Waals surface area contributed by atoms with Crippen LogP contribution in [0.2, 0.25) is 0 Å². The lowest BCUT2D eigenvalue weighted by molar-refractivity contribution is 0.00318. The largest absolute Gasteiger partial charge is 0.368 e. The van der Waals surface area contributed by atoms with Crippen molar-refractivity contribution in [1.29, 1.82) is 0 Å². The summed E-state index contributed by atoms with van der Waals surface area (Å²) < 4.78 is 0. The van der Waals surface area contributed by atoms with Crippen LogP contribution in [0.1, 0.15) is 22.1 Å². The molecule has 0 bridgehead atoms. The molecule has 3 aromatic rings. The number of carbonyl (C=O) groups excluding carboxylic acids is 1. The van der Waals surface area contributed by atoms with Gasteiger partial charge in [0.1, 0.15) is 5.69 Å². The highest BCUT2D eigenvalue weighted by atomic mass is 16.2. The van der Waals surface area contributed by atoms with Crippen molar-refractivity contribution in [1.82, 2.24) is 29.7 Å². The van der Waals surface area contributed by atoms with Crippen LogP contribution in [0.3, 0.4) is 0 Å². The predicted octanol–water partition coefficient (Wildman–Crippen LogP) is 1.11. The molecule has 1 amide bonds. The summed E-state index contributed by atoms with van der Waals surface area (Å²) in [5.41, 5.74) is 8.32. The molecule has 3 aromatic heterocycles. The maximum atomic E-state index is 12.9. The third-order valence-electron chi connectivity index (χ3n) is 5.82. The highest BCUT2D eigenvalue weighted by Gasteiger charge is 2.55. The number of nitrogens with zero attached hydrogens (tertiary/aromatic N) is 5. The number of hydrogen-bond acceptors (Lipinski definition) is 6. The summed E-state index contributed by atoms with van der Waals surface area (Å²) in [7, 11) is 2.11. The molecular formula is C19H21N7O. The van der Waals surface area contributed by atoms with Crippen molar-refractivity contribution in [3.05, 3.63) is 48.2 Å². The van der Waals surface area contributed by atoms with Crippen molar-refractivity contribution in [2.45, 2.75) is 5.92 Å². The third-order valence-corrected chi connectivity index (χ3v) is 5.82. The molecular weight excluding hydrogens is 342 g/mol. The molecule has 8 nitrogen and oxygen atoms in total. The molecule has 2 aliphatic heterocycles. The topological polar surface area (TPSA) is 104 Å². The molecule has 1 spiro atoms. The first-order valence-corrected chi connectivity index (χ1v) is 9.03. The Morgan fingerprint density at radius 3 is 2.93 bits per heavy atom. The number of amides is 1. The van der Waals surface area contributed by atoms with Gasteiger partial charge in [-0.25, -0.2) is 9.97 Å². The zero-order chi connectivity index (χ0) is 18.6. The van der Waals surface area contributed by atoms with Gasteiger partial charge in [-0.2, -0.15) is 0 Å². The number of nitrogens with one attached hydrogen (secondary N) is 1. The van der Waals surface area contributed by atoms with E-state index in [9.17, 15) is 4.79 Å². The van der Waals surface area contributed by atoms with Gasteiger partial charge in [-0.05, 0) is 25.2 Å². The van der Waals surface area contributed by atoms with Crippen LogP contribution < -0.4 is 5.73 Å². The number of carbonyl (C=O) groups is 1. The van der Waals surface area contributed by atoms with Crippen LogP contribution in [0.25, 0.3) is 10.9 Å². The third kappa shape index (κ3) is 2.56. The van der Waals surface area contributed by atoms with E-state index in [0.29, 0.717) is 11.6 Å². The monoisotopic (exact) mass is 363 g/mol. The zero-order valence-electron chi connectivity index (χ0n) is 15.1. The van der Waals surface area contributed by atoms with E-state index >= 15 is 0 Å². The summed E-state index contributed by atoms with van der Waals surface area (Å²) in [6.45, 7) is 3.30. The quantitative estimate of drug-likeness (QED) is 0.707. The molecule has 1 unspecified atom stereocenters. The molecule has 0 aliphatic carbocycles. The van der Waals surface area contributed by atoms with Crippen LogP contribution in [0, 0.1) is 5.41 Å². The maximum Gasteiger partial charge on any atom is 0.270 e. The summed E-state index contributed by atoms with van der Waals surface area (Å²) in [6, 6.07) is 5.70. The van der Waals surface area contributed by atoms with Crippen molar-refractivity contribution in [2.75, 3.05) is 39.0 Å².